The van der Waals surface area contributed by atoms with Gasteiger partial charge < -0.3 is 0 Å². The van der Waals surface area contributed by atoms with E-state index in [1.807, 2.05) is 0 Å². The SMILES string of the molecule is Clc1nc(Cl)c2c(n1)CC=C2I. The number of hydrogen-bond donors (Lipinski definition) is 0. The van der Waals surface area contributed by atoms with Crippen LogP contribution in [0.25, 0.3) is 3.58 Å². The zero-order valence-corrected chi connectivity index (χ0v) is 9.48. The molecule has 1 heterocycles. The summed E-state index contributed by atoms with van der Waals surface area (Å²) in [6, 6.07) is 0. The Morgan fingerprint density at radius 2 is 2.08 bits per heavy atom. The van der Waals surface area contributed by atoms with E-state index in [1.165, 1.54) is 0 Å². The Bertz CT molecular complexity index is 376. The van der Waals surface area contributed by atoms with Gasteiger partial charge >= 0.3 is 0 Å². The van der Waals surface area contributed by atoms with Crippen LogP contribution in [-0.4, -0.2) is 9.97 Å². The first-order chi connectivity index (χ1) is 5.68. The van der Waals surface area contributed by atoms with E-state index in [1.54, 1.807) is 0 Å². The molecule has 2 rings (SSSR count). The van der Waals surface area contributed by atoms with Crippen LogP contribution < -0.4 is 0 Å². The van der Waals surface area contributed by atoms with Crippen LogP contribution in [0.3, 0.4) is 0 Å². The summed E-state index contributed by atoms with van der Waals surface area (Å²) in [4.78, 5) is 7.95. The standard InChI is InChI=1S/C7H3Cl2IN2/c8-6-5-3(10)1-2-4(5)11-7(9)12-6/h1H,2H2. The van der Waals surface area contributed by atoms with E-state index in [9.17, 15) is 0 Å². The minimum absolute atomic E-state index is 0.221. The van der Waals surface area contributed by atoms with Gasteiger partial charge in [-0.05, 0) is 34.2 Å². The van der Waals surface area contributed by atoms with E-state index in [4.69, 9.17) is 23.2 Å². The van der Waals surface area contributed by atoms with Gasteiger partial charge in [0.25, 0.3) is 0 Å². The van der Waals surface area contributed by atoms with Crippen LogP contribution in [0.2, 0.25) is 10.4 Å². The molecular formula is C7H3Cl2IN2. The van der Waals surface area contributed by atoms with Gasteiger partial charge in [0.15, 0.2) is 0 Å². The van der Waals surface area contributed by atoms with E-state index in [2.05, 4.69) is 38.6 Å². The Balaban J connectivity index is 2.67. The third kappa shape index (κ3) is 1.34. The van der Waals surface area contributed by atoms with Crippen molar-refractivity contribution >= 4 is 49.4 Å². The monoisotopic (exact) mass is 312 g/mol. The minimum atomic E-state index is 0.221. The molecule has 1 aliphatic carbocycles. The summed E-state index contributed by atoms with van der Waals surface area (Å²) in [5, 5.41) is 0.668. The van der Waals surface area contributed by atoms with Gasteiger partial charge in [-0.2, -0.15) is 0 Å². The molecule has 12 heavy (non-hydrogen) atoms. The van der Waals surface area contributed by atoms with Crippen molar-refractivity contribution in [2.45, 2.75) is 6.42 Å². The van der Waals surface area contributed by atoms with Gasteiger partial charge in [0.05, 0.1) is 5.69 Å². The van der Waals surface area contributed by atoms with Crippen molar-refractivity contribution in [1.82, 2.24) is 9.97 Å². The summed E-state index contributed by atoms with van der Waals surface area (Å²) in [5.41, 5.74) is 1.85. The molecule has 0 saturated heterocycles. The van der Waals surface area contributed by atoms with E-state index >= 15 is 0 Å². The fourth-order valence-corrected chi connectivity index (χ4v) is 2.59. The highest BCUT2D eigenvalue weighted by molar-refractivity contribution is 14.1. The summed E-state index contributed by atoms with van der Waals surface area (Å²) >= 11 is 13.7. The molecule has 1 aromatic heterocycles. The lowest BCUT2D eigenvalue weighted by molar-refractivity contribution is 1.06. The van der Waals surface area contributed by atoms with Crippen molar-refractivity contribution in [3.63, 3.8) is 0 Å². The Morgan fingerprint density at radius 1 is 1.33 bits per heavy atom. The van der Waals surface area contributed by atoms with Crippen LogP contribution in [0.4, 0.5) is 0 Å². The van der Waals surface area contributed by atoms with Crippen LogP contribution in [0.1, 0.15) is 11.3 Å². The number of nitrogens with zero attached hydrogens (tertiary/aromatic N) is 2. The maximum atomic E-state index is 5.89. The van der Waals surface area contributed by atoms with Gasteiger partial charge in [-0.1, -0.05) is 17.7 Å². The molecule has 62 valence electrons. The predicted octanol–water partition coefficient (Wildman–Crippen LogP) is 3.12. The Kier molecular flexibility index (Phi) is 2.27. The lowest BCUT2D eigenvalue weighted by Gasteiger charge is -2.01. The highest BCUT2D eigenvalue weighted by atomic mass is 127. The second-order valence-electron chi connectivity index (χ2n) is 2.36. The maximum absolute atomic E-state index is 5.89. The fourth-order valence-electron chi connectivity index (χ4n) is 1.12. The largest absolute Gasteiger partial charge is 0.224 e. The number of halogens is 3. The Hall–Kier alpha value is 0.130. The zero-order chi connectivity index (χ0) is 8.72. The number of rotatable bonds is 0. The van der Waals surface area contributed by atoms with Crippen LogP contribution >= 0.6 is 45.8 Å². The highest BCUT2D eigenvalue weighted by Gasteiger charge is 2.18. The van der Waals surface area contributed by atoms with E-state index < -0.39 is 0 Å². The van der Waals surface area contributed by atoms with Gasteiger partial charge in [0.1, 0.15) is 5.15 Å². The van der Waals surface area contributed by atoms with Gasteiger partial charge in [-0.15, -0.1) is 0 Å². The van der Waals surface area contributed by atoms with Crippen molar-refractivity contribution in [2.24, 2.45) is 0 Å². The summed E-state index contributed by atoms with van der Waals surface area (Å²) in [6.45, 7) is 0. The van der Waals surface area contributed by atoms with Crippen LogP contribution in [0, 0.1) is 0 Å². The fraction of sp³-hybridized carbons (Fsp3) is 0.143. The van der Waals surface area contributed by atoms with E-state index in [0.29, 0.717) is 5.15 Å². The van der Waals surface area contributed by atoms with E-state index in [-0.39, 0.29) is 5.28 Å². The highest BCUT2D eigenvalue weighted by Crippen LogP contribution is 2.35. The average Bonchev–Trinajstić information content (AvgIpc) is 2.31. The topological polar surface area (TPSA) is 25.8 Å². The lowest BCUT2D eigenvalue weighted by Crippen LogP contribution is -1.93. The molecule has 0 bridgehead atoms. The molecule has 0 unspecified atom stereocenters. The normalized spacial score (nSPS) is 14.4. The van der Waals surface area contributed by atoms with Gasteiger partial charge in [-0.3, -0.25) is 0 Å². The smallest absolute Gasteiger partial charge is 0.222 e. The summed E-state index contributed by atoms with van der Waals surface area (Å²) in [6.07, 6.45) is 2.86. The van der Waals surface area contributed by atoms with Crippen molar-refractivity contribution in [3.8, 4) is 0 Å². The molecule has 1 aromatic rings. The van der Waals surface area contributed by atoms with Crippen molar-refractivity contribution in [1.29, 1.82) is 0 Å². The minimum Gasteiger partial charge on any atom is -0.222 e. The zero-order valence-electron chi connectivity index (χ0n) is 5.81. The molecule has 0 fully saturated rings. The molecule has 0 N–H and O–H groups in total. The van der Waals surface area contributed by atoms with Crippen LogP contribution in [0.15, 0.2) is 6.08 Å². The number of allylic oxidation sites excluding steroid dienone is 1. The predicted molar refractivity (Wildman–Crippen MR) is 57.8 cm³/mol. The third-order valence-electron chi connectivity index (χ3n) is 1.63. The first kappa shape index (κ1) is 8.72. The second kappa shape index (κ2) is 3.12. The molecule has 0 amide bonds. The maximum Gasteiger partial charge on any atom is 0.224 e. The Labute approximate surface area is 93.1 Å². The summed E-state index contributed by atoms with van der Waals surface area (Å²) < 4.78 is 1.10. The summed E-state index contributed by atoms with van der Waals surface area (Å²) in [5.74, 6) is 0. The third-order valence-corrected chi connectivity index (χ3v) is 3.05. The number of hydrogen-bond acceptors (Lipinski definition) is 2. The molecule has 1 aliphatic rings. The molecule has 0 saturated carbocycles. The van der Waals surface area contributed by atoms with Gasteiger partial charge in [0, 0.05) is 15.6 Å². The summed E-state index contributed by atoms with van der Waals surface area (Å²) in [7, 11) is 0. The van der Waals surface area contributed by atoms with Crippen molar-refractivity contribution in [2.75, 3.05) is 0 Å². The Morgan fingerprint density at radius 3 is 2.83 bits per heavy atom. The van der Waals surface area contributed by atoms with E-state index in [0.717, 1.165) is 21.3 Å². The molecule has 0 aliphatic heterocycles. The van der Waals surface area contributed by atoms with Gasteiger partial charge in [0.2, 0.25) is 5.28 Å². The first-order valence-corrected chi connectivity index (χ1v) is 5.10. The second-order valence-corrected chi connectivity index (χ2v) is 4.22. The molecule has 5 heteroatoms. The number of fused-ring (bicyclic) bond motifs is 1. The number of aromatic nitrogens is 2. The van der Waals surface area contributed by atoms with Gasteiger partial charge in [-0.25, -0.2) is 9.97 Å². The molecule has 0 aromatic carbocycles. The van der Waals surface area contributed by atoms with Crippen LogP contribution in [0.5, 0.6) is 0 Å². The first-order valence-electron chi connectivity index (χ1n) is 3.26. The quantitative estimate of drug-likeness (QED) is 0.418. The molecule has 0 atom stereocenters. The molecule has 0 spiro atoms. The molecule has 2 nitrogen and oxygen atoms in total. The van der Waals surface area contributed by atoms with Crippen LogP contribution in [-0.2, 0) is 6.42 Å². The van der Waals surface area contributed by atoms with Crippen molar-refractivity contribution < 1.29 is 0 Å². The molecule has 0 radical (unpaired) electrons. The molecular weight excluding hydrogens is 310 g/mol. The average molecular weight is 313 g/mol. The van der Waals surface area contributed by atoms with Crippen molar-refractivity contribution in [3.05, 3.63) is 27.8 Å². The lowest BCUT2D eigenvalue weighted by atomic mass is 10.3.